The number of nitrogens with zero attached hydrogens (tertiary/aromatic N) is 1. The highest BCUT2D eigenvalue weighted by molar-refractivity contribution is 7.89. The summed E-state index contributed by atoms with van der Waals surface area (Å²) in [5, 5.41) is 14.7. The van der Waals surface area contributed by atoms with Gasteiger partial charge in [0.1, 0.15) is 0 Å². The molecule has 0 atom stereocenters. The molecule has 23 heavy (non-hydrogen) atoms. The van der Waals surface area contributed by atoms with Crippen LogP contribution in [0.1, 0.15) is 44.9 Å². The van der Waals surface area contributed by atoms with E-state index >= 15 is 0 Å². The van der Waals surface area contributed by atoms with E-state index in [0.717, 1.165) is 12.8 Å². The number of hydrogen-bond acceptors (Lipinski definition) is 5. The van der Waals surface area contributed by atoms with Gasteiger partial charge in [-0.15, -0.1) is 0 Å². The molecule has 0 saturated heterocycles. The van der Waals surface area contributed by atoms with E-state index in [9.17, 15) is 13.2 Å². The van der Waals surface area contributed by atoms with Crippen molar-refractivity contribution in [1.82, 2.24) is 10.2 Å². The number of carboxylic acid groups (broad SMARTS) is 1. The van der Waals surface area contributed by atoms with E-state index in [-0.39, 0.29) is 36.5 Å². The Balaban J connectivity index is 0.00000149. The van der Waals surface area contributed by atoms with Crippen molar-refractivity contribution in [1.29, 1.82) is 0 Å². The summed E-state index contributed by atoms with van der Waals surface area (Å²) in [6, 6.07) is 0. The molecule has 0 bridgehead atoms. The standard InChI is InChI=1S/C13H27N3O3S.CH2O2/c1-16(2)13(8-4-3-5-9-13)11-15-12(17)7-6-10-20(14,18)19;2-1-3/h3-11H2,1-2H3,(H,15,17)(H2,14,18,19);1H,(H,2,3). The van der Waals surface area contributed by atoms with Crippen LogP contribution >= 0.6 is 0 Å². The number of hydrogen-bond donors (Lipinski definition) is 3. The molecular weight excluding hydrogens is 322 g/mol. The van der Waals surface area contributed by atoms with Gasteiger partial charge in [-0.05, 0) is 33.4 Å². The zero-order valence-electron chi connectivity index (χ0n) is 14.0. The van der Waals surface area contributed by atoms with Crippen molar-refractivity contribution < 1.29 is 23.1 Å². The zero-order valence-corrected chi connectivity index (χ0v) is 14.8. The first-order valence-electron chi connectivity index (χ1n) is 7.69. The minimum absolute atomic E-state index is 0.0495. The van der Waals surface area contributed by atoms with Crippen LogP contribution in [0.2, 0.25) is 0 Å². The lowest BCUT2D eigenvalue weighted by atomic mass is 9.80. The molecule has 4 N–H and O–H groups in total. The lowest BCUT2D eigenvalue weighted by Crippen LogP contribution is -2.53. The molecule has 1 aliphatic carbocycles. The molecule has 0 aromatic heterocycles. The number of carbonyl (C=O) groups is 2. The van der Waals surface area contributed by atoms with Crippen molar-refractivity contribution in [3.8, 4) is 0 Å². The van der Waals surface area contributed by atoms with Crippen LogP contribution in [0.4, 0.5) is 0 Å². The average Bonchev–Trinajstić information content (AvgIpc) is 2.45. The molecule has 0 aromatic rings. The Bertz CT molecular complexity index is 459. The highest BCUT2D eigenvalue weighted by atomic mass is 32.2. The van der Waals surface area contributed by atoms with Crippen LogP contribution in [0.25, 0.3) is 0 Å². The minimum atomic E-state index is -3.47. The molecule has 0 aromatic carbocycles. The SMILES string of the molecule is CN(C)C1(CNC(=O)CCCS(N)(=O)=O)CCCCC1.O=CO. The van der Waals surface area contributed by atoms with Gasteiger partial charge in [-0.2, -0.15) is 0 Å². The van der Waals surface area contributed by atoms with Crippen molar-refractivity contribution in [2.24, 2.45) is 5.14 Å². The predicted molar refractivity (Wildman–Crippen MR) is 88.4 cm³/mol. The summed E-state index contributed by atoms with van der Waals surface area (Å²) >= 11 is 0. The monoisotopic (exact) mass is 351 g/mol. The van der Waals surface area contributed by atoms with Crippen molar-refractivity contribution >= 4 is 22.4 Å². The second kappa shape index (κ2) is 10.6. The Morgan fingerprint density at radius 2 is 1.83 bits per heavy atom. The molecule has 1 amide bonds. The van der Waals surface area contributed by atoms with E-state index in [4.69, 9.17) is 15.0 Å². The number of sulfonamides is 1. The van der Waals surface area contributed by atoms with E-state index in [2.05, 4.69) is 24.3 Å². The van der Waals surface area contributed by atoms with Gasteiger partial charge in [-0.3, -0.25) is 9.59 Å². The van der Waals surface area contributed by atoms with Gasteiger partial charge in [0.15, 0.2) is 0 Å². The van der Waals surface area contributed by atoms with Gasteiger partial charge in [0.05, 0.1) is 5.75 Å². The molecule has 1 aliphatic rings. The summed E-state index contributed by atoms with van der Waals surface area (Å²) in [6.07, 6.45) is 6.32. The van der Waals surface area contributed by atoms with E-state index < -0.39 is 10.0 Å². The Morgan fingerprint density at radius 1 is 1.30 bits per heavy atom. The summed E-state index contributed by atoms with van der Waals surface area (Å²) in [5.41, 5.74) is 0.0495. The molecule has 0 spiro atoms. The fourth-order valence-corrected chi connectivity index (χ4v) is 3.32. The summed E-state index contributed by atoms with van der Waals surface area (Å²) in [7, 11) is 0.639. The molecule has 0 aliphatic heterocycles. The van der Waals surface area contributed by atoms with E-state index in [1.54, 1.807) is 0 Å². The van der Waals surface area contributed by atoms with Gasteiger partial charge in [0.2, 0.25) is 15.9 Å². The van der Waals surface area contributed by atoms with Gasteiger partial charge >= 0.3 is 0 Å². The Kier molecular flexibility index (Phi) is 10.0. The van der Waals surface area contributed by atoms with Gasteiger partial charge in [-0.25, -0.2) is 13.6 Å². The highest BCUT2D eigenvalue weighted by Crippen LogP contribution is 2.31. The molecule has 9 heteroatoms. The smallest absolute Gasteiger partial charge is 0.290 e. The first-order valence-corrected chi connectivity index (χ1v) is 9.41. The Hall–Kier alpha value is -1.19. The van der Waals surface area contributed by atoms with E-state index in [0.29, 0.717) is 6.54 Å². The van der Waals surface area contributed by atoms with Crippen molar-refractivity contribution in [3.63, 3.8) is 0 Å². The van der Waals surface area contributed by atoms with Gasteiger partial charge in [0.25, 0.3) is 6.47 Å². The first kappa shape index (κ1) is 21.8. The molecule has 1 rings (SSSR count). The maximum atomic E-state index is 11.8. The predicted octanol–water partition coefficient (Wildman–Crippen LogP) is 0.137. The molecular formula is C14H29N3O5S. The number of nitrogens with one attached hydrogen (secondary N) is 1. The zero-order chi connectivity index (χ0) is 17.9. The van der Waals surface area contributed by atoms with Gasteiger partial charge < -0.3 is 15.3 Å². The fourth-order valence-electron chi connectivity index (χ4n) is 2.78. The number of rotatable bonds is 7. The normalized spacial score (nSPS) is 17.0. The van der Waals surface area contributed by atoms with E-state index in [1.165, 1.54) is 19.3 Å². The number of amides is 1. The van der Waals surface area contributed by atoms with Crippen LogP contribution in [0.3, 0.4) is 0 Å². The largest absolute Gasteiger partial charge is 0.483 e. The first-order chi connectivity index (χ1) is 10.7. The van der Waals surface area contributed by atoms with Crippen molar-refractivity contribution in [2.45, 2.75) is 50.5 Å². The average molecular weight is 351 g/mol. The lowest BCUT2D eigenvalue weighted by molar-refractivity contribution is -0.123. The Labute approximate surface area is 138 Å². The summed E-state index contributed by atoms with van der Waals surface area (Å²) in [5.74, 6) is -0.236. The second-order valence-corrected chi connectivity index (χ2v) is 7.77. The summed E-state index contributed by atoms with van der Waals surface area (Å²) < 4.78 is 21.6. The van der Waals surface area contributed by atoms with Crippen LogP contribution < -0.4 is 10.5 Å². The molecule has 0 heterocycles. The molecule has 136 valence electrons. The van der Waals surface area contributed by atoms with Gasteiger partial charge in [0, 0.05) is 18.5 Å². The summed E-state index contributed by atoms with van der Waals surface area (Å²) in [4.78, 5) is 22.3. The topological polar surface area (TPSA) is 130 Å². The molecule has 0 radical (unpaired) electrons. The van der Waals surface area contributed by atoms with Crippen LogP contribution in [0, 0.1) is 0 Å². The van der Waals surface area contributed by atoms with Crippen LogP contribution in [0.15, 0.2) is 0 Å². The third-order valence-corrected chi connectivity index (χ3v) is 5.04. The summed E-state index contributed by atoms with van der Waals surface area (Å²) in [6.45, 7) is 0.383. The third kappa shape index (κ3) is 9.52. The maximum Gasteiger partial charge on any atom is 0.290 e. The molecule has 1 saturated carbocycles. The van der Waals surface area contributed by atoms with Crippen LogP contribution in [0.5, 0.6) is 0 Å². The molecule has 8 nitrogen and oxygen atoms in total. The maximum absolute atomic E-state index is 11.8. The second-order valence-electron chi connectivity index (χ2n) is 6.03. The molecule has 0 unspecified atom stereocenters. The van der Waals surface area contributed by atoms with Gasteiger partial charge in [-0.1, -0.05) is 19.3 Å². The fraction of sp³-hybridized carbons (Fsp3) is 0.857. The van der Waals surface area contributed by atoms with E-state index in [1.807, 2.05) is 0 Å². The van der Waals surface area contributed by atoms with Crippen molar-refractivity contribution in [2.75, 3.05) is 26.4 Å². The van der Waals surface area contributed by atoms with Crippen LogP contribution in [-0.2, 0) is 19.6 Å². The number of carbonyl (C=O) groups excluding carboxylic acids is 1. The number of likely N-dealkylation sites (N-methyl/N-ethyl adjacent to an activating group) is 1. The van der Waals surface area contributed by atoms with Crippen LogP contribution in [-0.4, -0.2) is 62.7 Å². The lowest BCUT2D eigenvalue weighted by Gasteiger charge is -2.43. The Morgan fingerprint density at radius 3 is 2.26 bits per heavy atom. The van der Waals surface area contributed by atoms with Crippen molar-refractivity contribution in [3.05, 3.63) is 0 Å². The quantitative estimate of drug-likeness (QED) is 0.559. The highest BCUT2D eigenvalue weighted by Gasteiger charge is 2.34. The third-order valence-electron chi connectivity index (χ3n) is 4.18. The number of primary sulfonamides is 1. The molecule has 1 fully saturated rings. The minimum Gasteiger partial charge on any atom is -0.483 e. The number of nitrogens with two attached hydrogens (primary N) is 1.